The predicted molar refractivity (Wildman–Crippen MR) is 105 cm³/mol. The van der Waals surface area contributed by atoms with Crippen LogP contribution in [0.25, 0.3) is 0 Å². The van der Waals surface area contributed by atoms with E-state index in [2.05, 4.69) is 47.2 Å². The Labute approximate surface area is 157 Å². The van der Waals surface area contributed by atoms with Crippen molar-refractivity contribution in [3.8, 4) is 5.75 Å². The average molecular weight is 403 g/mol. The molecule has 132 valence electrons. The molecule has 0 fully saturated rings. The number of amides is 1. The fourth-order valence-electron chi connectivity index (χ4n) is 2.10. The first-order valence-corrected chi connectivity index (χ1v) is 8.91. The second kappa shape index (κ2) is 8.30. The number of nitrogens with one attached hydrogen (secondary N) is 1. The fourth-order valence-corrected chi connectivity index (χ4v) is 2.37. The van der Waals surface area contributed by atoms with E-state index in [-0.39, 0.29) is 11.3 Å². The maximum absolute atomic E-state index is 12.1. The lowest BCUT2D eigenvalue weighted by molar-refractivity contribution is -0.127. The molecule has 2 aromatic carbocycles. The van der Waals surface area contributed by atoms with Crippen molar-refractivity contribution in [3.63, 3.8) is 0 Å². The molecule has 0 saturated carbocycles. The molecule has 0 aliphatic rings. The van der Waals surface area contributed by atoms with Crippen LogP contribution in [0.2, 0.25) is 0 Å². The van der Waals surface area contributed by atoms with E-state index in [0.717, 1.165) is 10.0 Å². The van der Waals surface area contributed by atoms with Gasteiger partial charge in [-0.1, -0.05) is 61.0 Å². The van der Waals surface area contributed by atoms with Crippen molar-refractivity contribution in [3.05, 3.63) is 64.1 Å². The number of hydrogen-bond donors (Lipinski definition) is 1. The predicted octanol–water partition coefficient (Wildman–Crippen LogP) is 4.66. The highest BCUT2D eigenvalue weighted by atomic mass is 79.9. The van der Waals surface area contributed by atoms with Gasteiger partial charge in [0.1, 0.15) is 5.75 Å². The van der Waals surface area contributed by atoms with E-state index in [1.54, 1.807) is 13.1 Å². The minimum atomic E-state index is -0.637. The summed E-state index contributed by atoms with van der Waals surface area (Å²) in [6.45, 7) is 8.16. The van der Waals surface area contributed by atoms with Crippen LogP contribution >= 0.6 is 15.9 Å². The molecule has 5 heteroatoms. The zero-order valence-electron chi connectivity index (χ0n) is 14.9. The topological polar surface area (TPSA) is 50.7 Å². The Morgan fingerprint density at radius 2 is 1.72 bits per heavy atom. The largest absolute Gasteiger partial charge is 0.481 e. The van der Waals surface area contributed by atoms with Gasteiger partial charge in [0, 0.05) is 4.47 Å². The zero-order chi connectivity index (χ0) is 18.4. The minimum absolute atomic E-state index is 0.0866. The maximum atomic E-state index is 12.1. The Morgan fingerprint density at radius 1 is 1.12 bits per heavy atom. The van der Waals surface area contributed by atoms with Crippen LogP contribution in [-0.4, -0.2) is 18.2 Å². The Bertz CT molecular complexity index is 732. The summed E-state index contributed by atoms with van der Waals surface area (Å²) in [4.78, 5) is 12.1. The van der Waals surface area contributed by atoms with Crippen molar-refractivity contribution in [1.82, 2.24) is 5.43 Å². The Hall–Kier alpha value is -2.14. The van der Waals surface area contributed by atoms with Gasteiger partial charge in [-0.05, 0) is 47.7 Å². The number of halogens is 1. The lowest BCUT2D eigenvalue weighted by Gasteiger charge is -2.19. The first kappa shape index (κ1) is 19.2. The molecule has 25 heavy (non-hydrogen) atoms. The smallest absolute Gasteiger partial charge is 0.280 e. The van der Waals surface area contributed by atoms with E-state index in [4.69, 9.17) is 4.74 Å². The normalized spacial score (nSPS) is 12.8. The molecule has 0 radical (unpaired) electrons. The van der Waals surface area contributed by atoms with Crippen molar-refractivity contribution >= 4 is 28.1 Å². The lowest BCUT2D eigenvalue weighted by Crippen LogP contribution is -2.33. The third kappa shape index (κ3) is 6.02. The van der Waals surface area contributed by atoms with Crippen LogP contribution in [-0.2, 0) is 10.2 Å². The number of hydrazone groups is 1. The second-order valence-electron chi connectivity index (χ2n) is 6.82. The molecular weight excluding hydrogens is 380 g/mol. The van der Waals surface area contributed by atoms with Gasteiger partial charge >= 0.3 is 0 Å². The van der Waals surface area contributed by atoms with Crippen LogP contribution in [0.15, 0.2) is 58.1 Å². The first-order valence-electron chi connectivity index (χ1n) is 8.11. The average Bonchev–Trinajstić information content (AvgIpc) is 2.56. The molecule has 4 nitrogen and oxygen atoms in total. The van der Waals surface area contributed by atoms with Crippen molar-refractivity contribution in [2.75, 3.05) is 0 Å². The van der Waals surface area contributed by atoms with Crippen molar-refractivity contribution in [1.29, 1.82) is 0 Å². The molecule has 0 spiro atoms. The van der Waals surface area contributed by atoms with Crippen molar-refractivity contribution in [2.45, 2.75) is 39.2 Å². The number of nitrogens with zero attached hydrogens (tertiary/aromatic N) is 1. The van der Waals surface area contributed by atoms with E-state index in [9.17, 15) is 4.79 Å². The SMILES string of the molecule is CC(Oc1ccc(C(C)(C)C)cc1)C(=O)N/N=C/c1ccc(Br)cc1. The third-order valence-corrected chi connectivity index (χ3v) is 4.19. The molecule has 1 amide bonds. The highest BCUT2D eigenvalue weighted by molar-refractivity contribution is 9.10. The molecule has 0 aliphatic heterocycles. The second-order valence-corrected chi connectivity index (χ2v) is 7.74. The molecule has 1 atom stereocenters. The summed E-state index contributed by atoms with van der Waals surface area (Å²) in [7, 11) is 0. The van der Waals surface area contributed by atoms with Gasteiger partial charge in [0.25, 0.3) is 5.91 Å². The Kier molecular flexibility index (Phi) is 6.37. The summed E-state index contributed by atoms with van der Waals surface area (Å²) >= 11 is 3.37. The zero-order valence-corrected chi connectivity index (χ0v) is 16.5. The number of hydrogen-bond acceptors (Lipinski definition) is 3. The summed E-state index contributed by atoms with van der Waals surface area (Å²) in [5, 5.41) is 3.96. The van der Waals surface area contributed by atoms with Gasteiger partial charge in [-0.15, -0.1) is 0 Å². The fraction of sp³-hybridized carbons (Fsp3) is 0.300. The maximum Gasteiger partial charge on any atom is 0.280 e. The molecule has 2 rings (SSSR count). The highest BCUT2D eigenvalue weighted by Gasteiger charge is 2.16. The molecular formula is C20H23BrN2O2. The Morgan fingerprint density at radius 3 is 2.28 bits per heavy atom. The molecule has 0 aliphatic carbocycles. The monoisotopic (exact) mass is 402 g/mol. The first-order chi connectivity index (χ1) is 11.8. The molecule has 0 heterocycles. The van der Waals surface area contributed by atoms with Gasteiger partial charge in [0.15, 0.2) is 6.10 Å². The molecule has 0 saturated heterocycles. The van der Waals surface area contributed by atoms with Gasteiger partial charge in [-0.25, -0.2) is 5.43 Å². The van der Waals surface area contributed by atoms with Crippen LogP contribution in [0.5, 0.6) is 5.75 Å². The standard InChI is InChI=1S/C20H23BrN2O2/c1-14(25-18-11-7-16(8-12-18)20(2,3)4)19(24)23-22-13-15-5-9-17(21)10-6-15/h5-14H,1-4H3,(H,23,24)/b22-13+. The van der Waals surface area contributed by atoms with E-state index < -0.39 is 6.10 Å². The highest BCUT2D eigenvalue weighted by Crippen LogP contribution is 2.24. The minimum Gasteiger partial charge on any atom is -0.481 e. The van der Waals surface area contributed by atoms with E-state index in [0.29, 0.717) is 5.75 Å². The number of carbonyl (C=O) groups is 1. The summed E-state index contributed by atoms with van der Waals surface area (Å²) in [6.07, 6.45) is 0.956. The van der Waals surface area contributed by atoms with Gasteiger partial charge in [-0.3, -0.25) is 4.79 Å². The van der Waals surface area contributed by atoms with Gasteiger partial charge < -0.3 is 4.74 Å². The van der Waals surface area contributed by atoms with Crippen LogP contribution < -0.4 is 10.2 Å². The van der Waals surface area contributed by atoms with Crippen LogP contribution in [0.1, 0.15) is 38.8 Å². The number of benzene rings is 2. The van der Waals surface area contributed by atoms with Crippen molar-refractivity contribution < 1.29 is 9.53 Å². The van der Waals surface area contributed by atoms with Gasteiger partial charge in [0.05, 0.1) is 6.21 Å². The molecule has 1 N–H and O–H groups in total. The van der Waals surface area contributed by atoms with Crippen LogP contribution in [0.4, 0.5) is 0 Å². The molecule has 2 aromatic rings. The number of ether oxygens (including phenoxy) is 1. The van der Waals surface area contributed by atoms with Gasteiger partial charge in [-0.2, -0.15) is 5.10 Å². The summed E-state index contributed by atoms with van der Waals surface area (Å²) in [5.74, 6) is 0.362. The summed E-state index contributed by atoms with van der Waals surface area (Å²) in [5.41, 5.74) is 4.70. The number of carbonyl (C=O) groups excluding carboxylic acids is 1. The van der Waals surface area contributed by atoms with E-state index in [1.165, 1.54) is 5.56 Å². The summed E-state index contributed by atoms with van der Waals surface area (Å²) in [6, 6.07) is 15.4. The number of rotatable bonds is 5. The molecule has 0 aromatic heterocycles. The van der Waals surface area contributed by atoms with Crippen LogP contribution in [0.3, 0.4) is 0 Å². The summed E-state index contributed by atoms with van der Waals surface area (Å²) < 4.78 is 6.66. The Balaban J connectivity index is 1.88. The lowest BCUT2D eigenvalue weighted by atomic mass is 9.87. The van der Waals surface area contributed by atoms with Gasteiger partial charge in [0.2, 0.25) is 0 Å². The van der Waals surface area contributed by atoms with E-state index >= 15 is 0 Å². The molecule has 0 bridgehead atoms. The van der Waals surface area contributed by atoms with E-state index in [1.807, 2.05) is 48.5 Å². The van der Waals surface area contributed by atoms with Crippen LogP contribution in [0, 0.1) is 0 Å². The quantitative estimate of drug-likeness (QED) is 0.583. The third-order valence-electron chi connectivity index (χ3n) is 3.66. The molecule has 1 unspecified atom stereocenters. The van der Waals surface area contributed by atoms with Crippen molar-refractivity contribution in [2.24, 2.45) is 5.10 Å².